The molecule has 0 aliphatic carbocycles. The normalized spacial score (nSPS) is 15.0. The van der Waals surface area contributed by atoms with Crippen molar-refractivity contribution < 1.29 is 23.0 Å². The first-order valence-electron chi connectivity index (χ1n) is 11.2. The van der Waals surface area contributed by atoms with E-state index in [1.165, 1.54) is 0 Å². The van der Waals surface area contributed by atoms with Gasteiger partial charge < -0.3 is 14.2 Å². The predicted molar refractivity (Wildman–Crippen MR) is 125 cm³/mol. The lowest BCUT2D eigenvalue weighted by molar-refractivity contribution is -0.0499. The van der Waals surface area contributed by atoms with Gasteiger partial charge in [0.15, 0.2) is 0 Å². The summed E-state index contributed by atoms with van der Waals surface area (Å²) in [7, 11) is 1.70. The zero-order valence-electron chi connectivity index (χ0n) is 18.8. The van der Waals surface area contributed by atoms with Crippen molar-refractivity contribution >= 4 is 0 Å². The topological polar surface area (TPSA) is 30.9 Å². The molecule has 174 valence electrons. The molecular formula is C27H29F2NO3. The fraction of sp³-hybridized carbons (Fsp3) is 0.333. The van der Waals surface area contributed by atoms with E-state index >= 15 is 0 Å². The zero-order chi connectivity index (χ0) is 23.0. The van der Waals surface area contributed by atoms with Crippen molar-refractivity contribution in [3.63, 3.8) is 0 Å². The van der Waals surface area contributed by atoms with Crippen LogP contribution in [0.25, 0.3) is 11.1 Å². The van der Waals surface area contributed by atoms with Gasteiger partial charge in [-0.3, -0.25) is 4.90 Å². The molecule has 0 saturated carbocycles. The van der Waals surface area contributed by atoms with Gasteiger partial charge in [-0.2, -0.15) is 8.78 Å². The van der Waals surface area contributed by atoms with Gasteiger partial charge in [0, 0.05) is 26.7 Å². The number of likely N-dealkylation sites (tertiary alicyclic amines) is 1. The standard InChI is InChI=1S/C27H29F2NO3/c1-31-19-20-5-7-22(8-6-20)23-9-11-24(12-10-23)32-25-13-15-30(16-14-25)18-21-3-2-4-26(17-21)33-27(28)29/h2-12,17,25,27H,13-16,18-19H2,1H3. The summed E-state index contributed by atoms with van der Waals surface area (Å²) in [4.78, 5) is 2.32. The lowest BCUT2D eigenvalue weighted by Gasteiger charge is -2.32. The van der Waals surface area contributed by atoms with E-state index in [1.807, 2.05) is 18.2 Å². The molecule has 0 atom stereocenters. The molecule has 0 aromatic heterocycles. The molecule has 0 unspecified atom stereocenters. The van der Waals surface area contributed by atoms with E-state index in [-0.39, 0.29) is 11.9 Å². The maximum absolute atomic E-state index is 12.4. The summed E-state index contributed by atoms with van der Waals surface area (Å²) in [6, 6.07) is 23.5. The lowest BCUT2D eigenvalue weighted by Crippen LogP contribution is -2.37. The average molecular weight is 454 g/mol. The highest BCUT2D eigenvalue weighted by Crippen LogP contribution is 2.26. The molecule has 1 aliphatic rings. The smallest absolute Gasteiger partial charge is 0.387 e. The molecule has 4 rings (SSSR count). The number of halogens is 2. The zero-order valence-corrected chi connectivity index (χ0v) is 18.8. The minimum Gasteiger partial charge on any atom is -0.490 e. The number of ether oxygens (including phenoxy) is 3. The molecule has 0 bridgehead atoms. The highest BCUT2D eigenvalue weighted by molar-refractivity contribution is 5.64. The van der Waals surface area contributed by atoms with Gasteiger partial charge >= 0.3 is 6.61 Å². The molecule has 1 heterocycles. The average Bonchev–Trinajstić information content (AvgIpc) is 2.82. The van der Waals surface area contributed by atoms with E-state index in [0.717, 1.165) is 53.9 Å². The second kappa shape index (κ2) is 11.3. The fourth-order valence-electron chi connectivity index (χ4n) is 4.14. The molecule has 3 aromatic rings. The number of methoxy groups -OCH3 is 1. The molecule has 33 heavy (non-hydrogen) atoms. The monoisotopic (exact) mass is 453 g/mol. The predicted octanol–water partition coefficient (Wildman–Crippen LogP) is 6.14. The van der Waals surface area contributed by atoms with Crippen LogP contribution in [0.3, 0.4) is 0 Å². The van der Waals surface area contributed by atoms with Gasteiger partial charge in [0.2, 0.25) is 0 Å². The summed E-state index contributed by atoms with van der Waals surface area (Å²) in [6.45, 7) is 0.326. The number of nitrogens with zero attached hydrogens (tertiary/aromatic N) is 1. The van der Waals surface area contributed by atoms with Crippen molar-refractivity contribution in [3.8, 4) is 22.6 Å². The third-order valence-electron chi connectivity index (χ3n) is 5.82. The van der Waals surface area contributed by atoms with Gasteiger partial charge in [-0.25, -0.2) is 0 Å². The van der Waals surface area contributed by atoms with Crippen molar-refractivity contribution in [2.24, 2.45) is 0 Å². The molecular weight excluding hydrogens is 424 g/mol. The first-order valence-corrected chi connectivity index (χ1v) is 11.2. The maximum Gasteiger partial charge on any atom is 0.387 e. The maximum atomic E-state index is 12.4. The van der Waals surface area contributed by atoms with Gasteiger partial charge in [-0.15, -0.1) is 0 Å². The van der Waals surface area contributed by atoms with Gasteiger partial charge in [0.05, 0.1) is 6.61 Å². The molecule has 1 saturated heterocycles. The van der Waals surface area contributed by atoms with E-state index in [1.54, 1.807) is 25.3 Å². The van der Waals surface area contributed by atoms with Crippen LogP contribution < -0.4 is 9.47 Å². The Kier molecular flexibility index (Phi) is 7.92. The highest BCUT2D eigenvalue weighted by atomic mass is 19.3. The minimum absolute atomic E-state index is 0.175. The van der Waals surface area contributed by atoms with Crippen LogP contribution in [0.5, 0.6) is 11.5 Å². The van der Waals surface area contributed by atoms with Crippen LogP contribution >= 0.6 is 0 Å². The Labute approximate surface area is 193 Å². The Bertz CT molecular complexity index is 1000. The Balaban J connectivity index is 1.26. The van der Waals surface area contributed by atoms with Crippen molar-refractivity contribution in [1.82, 2.24) is 4.90 Å². The summed E-state index contributed by atoms with van der Waals surface area (Å²) in [5, 5.41) is 0. The van der Waals surface area contributed by atoms with Crippen molar-refractivity contribution in [2.45, 2.75) is 38.7 Å². The second-order valence-electron chi connectivity index (χ2n) is 8.27. The third kappa shape index (κ3) is 6.76. The van der Waals surface area contributed by atoms with Crippen LogP contribution in [-0.4, -0.2) is 37.8 Å². The first kappa shape index (κ1) is 23.2. The molecule has 4 nitrogen and oxygen atoms in total. The summed E-state index contributed by atoms with van der Waals surface area (Å²) < 4.78 is 40.7. The molecule has 0 amide bonds. The molecule has 1 fully saturated rings. The quantitative estimate of drug-likeness (QED) is 0.389. The second-order valence-corrected chi connectivity index (χ2v) is 8.27. The molecule has 0 spiro atoms. The number of benzene rings is 3. The van der Waals surface area contributed by atoms with Crippen LogP contribution in [0.4, 0.5) is 8.78 Å². The van der Waals surface area contributed by atoms with Crippen LogP contribution in [0, 0.1) is 0 Å². The number of piperidine rings is 1. The van der Waals surface area contributed by atoms with Crippen LogP contribution in [-0.2, 0) is 17.9 Å². The van der Waals surface area contributed by atoms with Crippen molar-refractivity contribution in [3.05, 3.63) is 83.9 Å². The van der Waals surface area contributed by atoms with E-state index < -0.39 is 6.61 Å². The summed E-state index contributed by atoms with van der Waals surface area (Å²) in [5.74, 6) is 1.08. The minimum atomic E-state index is -2.80. The van der Waals surface area contributed by atoms with Gasteiger partial charge in [0.1, 0.15) is 17.6 Å². The van der Waals surface area contributed by atoms with Gasteiger partial charge in [0.25, 0.3) is 0 Å². The van der Waals surface area contributed by atoms with Gasteiger partial charge in [-0.1, -0.05) is 48.5 Å². The number of hydrogen-bond acceptors (Lipinski definition) is 4. The summed E-state index contributed by atoms with van der Waals surface area (Å²) in [5.41, 5.74) is 4.44. The molecule has 3 aromatic carbocycles. The molecule has 1 aliphatic heterocycles. The van der Waals surface area contributed by atoms with E-state index in [0.29, 0.717) is 13.2 Å². The van der Waals surface area contributed by atoms with Crippen LogP contribution in [0.2, 0.25) is 0 Å². The molecule has 6 heteroatoms. The Morgan fingerprint density at radius 3 is 2.15 bits per heavy atom. The Morgan fingerprint density at radius 2 is 1.52 bits per heavy atom. The van der Waals surface area contributed by atoms with E-state index in [4.69, 9.17) is 9.47 Å². The highest BCUT2D eigenvalue weighted by Gasteiger charge is 2.21. The number of rotatable bonds is 9. The number of alkyl halides is 2. The largest absolute Gasteiger partial charge is 0.490 e. The molecule has 0 N–H and O–H groups in total. The Hall–Kier alpha value is -2.96. The van der Waals surface area contributed by atoms with E-state index in [2.05, 4.69) is 46.0 Å². The van der Waals surface area contributed by atoms with Crippen LogP contribution in [0.15, 0.2) is 72.8 Å². The SMILES string of the molecule is COCc1ccc(-c2ccc(OC3CCN(Cc4cccc(OC(F)F)c4)CC3)cc2)cc1. The third-order valence-corrected chi connectivity index (χ3v) is 5.82. The first-order chi connectivity index (χ1) is 16.1. The van der Waals surface area contributed by atoms with Crippen molar-refractivity contribution in [2.75, 3.05) is 20.2 Å². The van der Waals surface area contributed by atoms with Gasteiger partial charge in [-0.05, 0) is 59.4 Å². The Morgan fingerprint density at radius 1 is 0.848 bits per heavy atom. The lowest BCUT2D eigenvalue weighted by atomic mass is 10.0. The van der Waals surface area contributed by atoms with Crippen molar-refractivity contribution in [1.29, 1.82) is 0 Å². The summed E-state index contributed by atoms with van der Waals surface area (Å²) in [6.07, 6.45) is 2.03. The van der Waals surface area contributed by atoms with E-state index in [9.17, 15) is 8.78 Å². The number of hydrogen-bond donors (Lipinski definition) is 0. The van der Waals surface area contributed by atoms with Crippen LogP contribution in [0.1, 0.15) is 24.0 Å². The molecule has 0 radical (unpaired) electrons. The summed E-state index contributed by atoms with van der Waals surface area (Å²) >= 11 is 0. The fourth-order valence-corrected chi connectivity index (χ4v) is 4.14.